The quantitative estimate of drug-likeness (QED) is 0.257. The van der Waals surface area contributed by atoms with Crippen molar-refractivity contribution >= 4 is 14.4 Å². The van der Waals surface area contributed by atoms with Crippen molar-refractivity contribution < 1.29 is 18.7 Å². The van der Waals surface area contributed by atoms with Crippen LogP contribution in [-0.2, 0) is 20.5 Å². The molecule has 0 saturated heterocycles. The van der Waals surface area contributed by atoms with Gasteiger partial charge in [-0.25, -0.2) is 4.79 Å². The van der Waals surface area contributed by atoms with Crippen LogP contribution in [0.25, 0.3) is 0 Å². The number of rotatable bonds is 10. The Kier molecular flexibility index (Phi) is 9.16. The van der Waals surface area contributed by atoms with Gasteiger partial charge in [-0.1, -0.05) is 84.0 Å². The van der Waals surface area contributed by atoms with E-state index in [1.54, 1.807) is 0 Å². The molecule has 1 N–H and O–H groups in total. The highest BCUT2D eigenvalue weighted by Gasteiger charge is 2.60. The molecule has 0 bridgehead atoms. The Labute approximate surface area is 220 Å². The van der Waals surface area contributed by atoms with E-state index in [-0.39, 0.29) is 12.0 Å². The number of amides is 1. The summed E-state index contributed by atoms with van der Waals surface area (Å²) in [5.74, 6) is 0.590. The molecule has 2 aliphatic carbocycles. The maximum Gasteiger partial charge on any atom is 0.408 e. The lowest BCUT2D eigenvalue weighted by Gasteiger charge is -2.48. The number of nitrogens with one attached hydrogen (secondary N) is 1. The maximum absolute atomic E-state index is 13.3. The molecule has 0 unspecified atom stereocenters. The Morgan fingerprint density at radius 3 is 2.22 bits per heavy atom. The van der Waals surface area contributed by atoms with Crippen molar-refractivity contribution in [3.8, 4) is 0 Å². The third-order valence-electron chi connectivity index (χ3n) is 8.22. The summed E-state index contributed by atoms with van der Waals surface area (Å²) < 4.78 is 19.6. The molecule has 202 valence electrons. The fourth-order valence-corrected chi connectivity index (χ4v) is 12.5. The molecule has 2 aliphatic rings. The van der Waals surface area contributed by atoms with Crippen LogP contribution >= 0.6 is 0 Å². The first kappa shape index (κ1) is 28.9. The molecule has 3 rings (SSSR count). The van der Waals surface area contributed by atoms with E-state index >= 15 is 0 Å². The Morgan fingerprint density at radius 1 is 1.06 bits per heavy atom. The number of carbonyl (C=O) groups excluding carboxylic acids is 1. The second-order valence-electron chi connectivity index (χ2n) is 12.8. The number of alkyl carbamates (subject to hydrolysis) is 1. The van der Waals surface area contributed by atoms with Crippen molar-refractivity contribution in [2.75, 3.05) is 6.61 Å². The SMILES string of the molecule is CC(C)[Si](O[C@H]1C[C@H]2CC=C[C@H]2[C@@]1(COCc1ccccc1)NC(=O)OC(C)(C)C)(C(C)C)C(C)C. The van der Waals surface area contributed by atoms with E-state index in [1.165, 1.54) is 0 Å². The predicted octanol–water partition coefficient (Wildman–Crippen LogP) is 7.62. The summed E-state index contributed by atoms with van der Waals surface area (Å²) in [6, 6.07) is 10.2. The predicted molar refractivity (Wildman–Crippen MR) is 149 cm³/mol. The van der Waals surface area contributed by atoms with Gasteiger partial charge in [0, 0.05) is 5.92 Å². The number of hydrogen-bond donors (Lipinski definition) is 1. The Balaban J connectivity index is 1.99. The van der Waals surface area contributed by atoms with Gasteiger partial charge >= 0.3 is 6.09 Å². The molecule has 0 radical (unpaired) electrons. The minimum Gasteiger partial charge on any atom is -0.444 e. The van der Waals surface area contributed by atoms with E-state index in [2.05, 4.69) is 71.1 Å². The molecule has 0 spiro atoms. The molecule has 0 aromatic heterocycles. The Bertz CT molecular complexity index is 870. The second kappa shape index (κ2) is 11.4. The summed E-state index contributed by atoms with van der Waals surface area (Å²) in [5, 5.41) is 3.36. The van der Waals surface area contributed by atoms with Gasteiger partial charge in [0.15, 0.2) is 0 Å². The molecular weight excluding hydrogens is 466 g/mol. The number of allylic oxidation sites excluding steroid dienone is 1. The molecule has 1 aromatic carbocycles. The maximum atomic E-state index is 13.3. The molecule has 5 nitrogen and oxygen atoms in total. The van der Waals surface area contributed by atoms with E-state index in [1.807, 2.05) is 39.0 Å². The molecular formula is C30H49NO4Si. The Hall–Kier alpha value is -1.63. The molecule has 4 atom stereocenters. The molecule has 36 heavy (non-hydrogen) atoms. The molecule has 1 fully saturated rings. The summed E-state index contributed by atoms with van der Waals surface area (Å²) in [6.45, 7) is 20.5. The van der Waals surface area contributed by atoms with Crippen molar-refractivity contribution in [1.29, 1.82) is 0 Å². The van der Waals surface area contributed by atoms with Crippen LogP contribution in [0.1, 0.15) is 80.7 Å². The molecule has 0 aliphatic heterocycles. The second-order valence-corrected chi connectivity index (χ2v) is 18.2. The number of hydrogen-bond acceptors (Lipinski definition) is 4. The van der Waals surface area contributed by atoms with E-state index in [0.29, 0.717) is 35.8 Å². The minimum absolute atomic E-state index is 0.125. The molecule has 1 saturated carbocycles. The first-order valence-electron chi connectivity index (χ1n) is 13.8. The van der Waals surface area contributed by atoms with Crippen molar-refractivity contribution in [3.05, 3.63) is 48.0 Å². The van der Waals surface area contributed by atoms with Crippen molar-refractivity contribution in [2.45, 2.75) is 116 Å². The molecule has 0 heterocycles. The lowest BCUT2D eigenvalue weighted by atomic mass is 9.84. The van der Waals surface area contributed by atoms with Crippen LogP contribution < -0.4 is 5.32 Å². The highest BCUT2D eigenvalue weighted by Crippen LogP contribution is 2.52. The van der Waals surface area contributed by atoms with Crippen LogP contribution in [0, 0.1) is 11.8 Å². The number of carbonyl (C=O) groups is 1. The lowest BCUT2D eigenvalue weighted by Crippen LogP contribution is -2.65. The monoisotopic (exact) mass is 515 g/mol. The van der Waals surface area contributed by atoms with Gasteiger partial charge < -0.3 is 19.2 Å². The number of ether oxygens (including phenoxy) is 2. The summed E-state index contributed by atoms with van der Waals surface area (Å²) >= 11 is 0. The van der Waals surface area contributed by atoms with Gasteiger partial charge in [-0.3, -0.25) is 0 Å². The van der Waals surface area contributed by atoms with Gasteiger partial charge in [0.1, 0.15) is 5.60 Å². The van der Waals surface area contributed by atoms with Crippen LogP contribution in [0.2, 0.25) is 16.6 Å². The summed E-state index contributed by atoms with van der Waals surface area (Å²) in [6.07, 6.45) is 5.95. The lowest BCUT2D eigenvalue weighted by molar-refractivity contribution is -0.0192. The zero-order valence-electron chi connectivity index (χ0n) is 24.0. The van der Waals surface area contributed by atoms with Crippen LogP contribution in [0.4, 0.5) is 4.79 Å². The molecule has 6 heteroatoms. The first-order chi connectivity index (χ1) is 16.8. The minimum atomic E-state index is -2.20. The summed E-state index contributed by atoms with van der Waals surface area (Å²) in [5.41, 5.74) is 1.23. The smallest absolute Gasteiger partial charge is 0.408 e. The average molecular weight is 516 g/mol. The standard InChI is InChI=1S/C30H49NO4Si/c1-21(2)36(22(3)4,23(5)6)35-27-18-25-16-13-17-26(25)30(27,31-28(32)34-29(7,8)9)20-33-19-24-14-11-10-12-15-24/h10-15,17,21-23,25-27H,16,18-20H2,1-9H3,(H,31,32)/t25-,26-,27+,30-/m1/s1. The highest BCUT2D eigenvalue weighted by atomic mass is 28.4. The van der Waals surface area contributed by atoms with Crippen LogP contribution in [0.3, 0.4) is 0 Å². The Morgan fingerprint density at radius 2 is 1.67 bits per heavy atom. The van der Waals surface area contributed by atoms with Crippen LogP contribution in [0.5, 0.6) is 0 Å². The third kappa shape index (κ3) is 6.08. The normalized spacial score (nSPS) is 26.2. The topological polar surface area (TPSA) is 56.8 Å². The number of fused-ring (bicyclic) bond motifs is 1. The molecule has 1 amide bonds. The third-order valence-corrected chi connectivity index (χ3v) is 14.3. The van der Waals surface area contributed by atoms with Gasteiger partial charge in [0.25, 0.3) is 0 Å². The van der Waals surface area contributed by atoms with Crippen molar-refractivity contribution in [2.24, 2.45) is 11.8 Å². The first-order valence-corrected chi connectivity index (χ1v) is 15.9. The summed E-state index contributed by atoms with van der Waals surface area (Å²) in [4.78, 5) is 13.3. The zero-order valence-corrected chi connectivity index (χ0v) is 25.0. The zero-order chi connectivity index (χ0) is 26.7. The van der Waals surface area contributed by atoms with Crippen LogP contribution in [0.15, 0.2) is 42.5 Å². The van der Waals surface area contributed by atoms with E-state index < -0.39 is 25.6 Å². The largest absolute Gasteiger partial charge is 0.444 e. The van der Waals surface area contributed by atoms with Gasteiger partial charge in [0.2, 0.25) is 8.32 Å². The summed E-state index contributed by atoms with van der Waals surface area (Å²) in [7, 11) is -2.20. The number of benzene rings is 1. The van der Waals surface area contributed by atoms with Gasteiger partial charge in [0.05, 0.1) is 24.9 Å². The van der Waals surface area contributed by atoms with Crippen LogP contribution in [-0.4, -0.2) is 38.3 Å². The van der Waals surface area contributed by atoms with Gasteiger partial charge in [-0.05, 0) is 61.7 Å². The van der Waals surface area contributed by atoms with Gasteiger partial charge in [-0.2, -0.15) is 0 Å². The van der Waals surface area contributed by atoms with Crippen molar-refractivity contribution in [3.63, 3.8) is 0 Å². The van der Waals surface area contributed by atoms with E-state index in [0.717, 1.165) is 18.4 Å². The molecule has 1 aromatic rings. The van der Waals surface area contributed by atoms with Crippen molar-refractivity contribution in [1.82, 2.24) is 5.32 Å². The van der Waals surface area contributed by atoms with E-state index in [4.69, 9.17) is 13.9 Å². The van der Waals surface area contributed by atoms with Gasteiger partial charge in [-0.15, -0.1) is 0 Å². The highest BCUT2D eigenvalue weighted by molar-refractivity contribution is 6.77. The fraction of sp³-hybridized carbons (Fsp3) is 0.700. The average Bonchev–Trinajstić information content (AvgIpc) is 3.32. The van der Waals surface area contributed by atoms with E-state index in [9.17, 15) is 4.79 Å². The fourth-order valence-electron chi connectivity index (χ4n) is 6.84.